The molecular weight excluding hydrogens is 264 g/mol. The Bertz CT molecular complexity index is 898. The number of phenols is 1. The van der Waals surface area contributed by atoms with Gasteiger partial charge in [0.1, 0.15) is 5.75 Å². The minimum absolute atomic E-state index is 0.0126. The summed E-state index contributed by atoms with van der Waals surface area (Å²) in [5, 5.41) is 12.8. The highest BCUT2D eigenvalue weighted by Crippen LogP contribution is 2.34. The molecule has 0 unspecified atom stereocenters. The summed E-state index contributed by atoms with van der Waals surface area (Å²) >= 11 is 0. The normalized spacial score (nSPS) is 12.1. The van der Waals surface area contributed by atoms with Crippen LogP contribution >= 0.6 is 0 Å². The molecule has 4 nitrogen and oxygen atoms in total. The van der Waals surface area contributed by atoms with E-state index >= 15 is 0 Å². The largest absolute Gasteiger partial charge is 0.507 e. The van der Waals surface area contributed by atoms with Crippen LogP contribution in [0.25, 0.3) is 21.5 Å². The zero-order valence-electron chi connectivity index (χ0n) is 9.74. The van der Waals surface area contributed by atoms with Gasteiger partial charge < -0.3 is 5.11 Å². The molecule has 0 aromatic heterocycles. The van der Waals surface area contributed by atoms with Gasteiger partial charge in [-0.05, 0) is 29.0 Å². The van der Waals surface area contributed by atoms with Crippen molar-refractivity contribution in [3.05, 3.63) is 48.5 Å². The lowest BCUT2D eigenvalue weighted by molar-refractivity contribution is 0.483. The molecule has 0 heterocycles. The van der Waals surface area contributed by atoms with Crippen LogP contribution in [-0.2, 0) is 10.1 Å². The summed E-state index contributed by atoms with van der Waals surface area (Å²) in [5.41, 5.74) is 0. The Morgan fingerprint density at radius 2 is 1.53 bits per heavy atom. The zero-order chi connectivity index (χ0) is 13.6. The maximum atomic E-state index is 11.1. The second-order valence-electron chi connectivity index (χ2n) is 4.30. The Labute approximate surface area is 109 Å². The van der Waals surface area contributed by atoms with E-state index in [1.807, 2.05) is 18.2 Å². The molecule has 3 aromatic rings. The lowest BCUT2D eigenvalue weighted by atomic mass is 10.0. The highest BCUT2D eigenvalue weighted by molar-refractivity contribution is 7.85. The molecule has 0 fully saturated rings. The standard InChI is InChI=1S/C14H10O4S/c15-14-12-4-2-1-3-9(12)7-10-5-6-11(8-13(10)14)19(16,17)18/h1-8,15H,(H,16,17,18). The summed E-state index contributed by atoms with van der Waals surface area (Å²) in [6, 6.07) is 13.3. The van der Waals surface area contributed by atoms with E-state index in [2.05, 4.69) is 0 Å². The molecule has 5 heteroatoms. The highest BCUT2D eigenvalue weighted by atomic mass is 32.2. The number of hydrogen-bond donors (Lipinski definition) is 2. The molecular formula is C14H10O4S. The first-order chi connectivity index (χ1) is 8.97. The van der Waals surface area contributed by atoms with Crippen LogP contribution in [0.3, 0.4) is 0 Å². The van der Waals surface area contributed by atoms with Crippen LogP contribution in [0.5, 0.6) is 5.75 Å². The van der Waals surface area contributed by atoms with Crippen LogP contribution in [0.1, 0.15) is 0 Å². The Hall–Kier alpha value is -2.11. The van der Waals surface area contributed by atoms with Gasteiger partial charge in [-0.2, -0.15) is 8.42 Å². The van der Waals surface area contributed by atoms with E-state index in [-0.39, 0.29) is 10.6 Å². The summed E-state index contributed by atoms with van der Waals surface area (Å²) in [6.45, 7) is 0. The topological polar surface area (TPSA) is 74.6 Å². The molecule has 0 aliphatic heterocycles. The van der Waals surface area contributed by atoms with E-state index in [0.717, 1.165) is 5.39 Å². The predicted molar refractivity (Wildman–Crippen MR) is 72.9 cm³/mol. The van der Waals surface area contributed by atoms with E-state index in [1.165, 1.54) is 12.1 Å². The van der Waals surface area contributed by atoms with Crippen LogP contribution < -0.4 is 0 Å². The van der Waals surface area contributed by atoms with Gasteiger partial charge in [-0.15, -0.1) is 0 Å². The third-order valence-electron chi connectivity index (χ3n) is 3.10. The number of rotatable bonds is 1. The van der Waals surface area contributed by atoms with Gasteiger partial charge in [0.25, 0.3) is 10.1 Å². The van der Waals surface area contributed by atoms with E-state index < -0.39 is 10.1 Å². The Morgan fingerprint density at radius 3 is 2.26 bits per heavy atom. The summed E-state index contributed by atoms with van der Waals surface area (Å²) in [6.07, 6.45) is 0. The van der Waals surface area contributed by atoms with Crippen LogP contribution in [-0.4, -0.2) is 18.1 Å². The van der Waals surface area contributed by atoms with Crippen molar-refractivity contribution in [2.24, 2.45) is 0 Å². The number of hydrogen-bond acceptors (Lipinski definition) is 3. The average Bonchev–Trinajstić information content (AvgIpc) is 2.37. The van der Waals surface area contributed by atoms with Gasteiger partial charge in [-0.3, -0.25) is 4.55 Å². The van der Waals surface area contributed by atoms with Crippen molar-refractivity contribution >= 4 is 31.7 Å². The van der Waals surface area contributed by atoms with Gasteiger partial charge in [0.2, 0.25) is 0 Å². The third kappa shape index (κ3) is 1.93. The van der Waals surface area contributed by atoms with Crippen LogP contribution in [0.15, 0.2) is 53.4 Å². The van der Waals surface area contributed by atoms with Crippen molar-refractivity contribution in [3.63, 3.8) is 0 Å². The second kappa shape index (κ2) is 3.94. The smallest absolute Gasteiger partial charge is 0.294 e. The highest BCUT2D eigenvalue weighted by Gasteiger charge is 2.13. The minimum Gasteiger partial charge on any atom is -0.507 e. The molecule has 19 heavy (non-hydrogen) atoms. The van der Waals surface area contributed by atoms with Gasteiger partial charge >= 0.3 is 0 Å². The number of fused-ring (bicyclic) bond motifs is 2. The fraction of sp³-hybridized carbons (Fsp3) is 0. The molecule has 0 aliphatic rings. The number of benzene rings is 3. The number of aromatic hydroxyl groups is 1. The Balaban J connectivity index is 2.46. The first-order valence-electron chi connectivity index (χ1n) is 5.59. The quantitative estimate of drug-likeness (QED) is 0.528. The first kappa shape index (κ1) is 12.0. The van der Waals surface area contributed by atoms with E-state index in [0.29, 0.717) is 16.2 Å². The van der Waals surface area contributed by atoms with Gasteiger partial charge in [-0.1, -0.05) is 30.3 Å². The minimum atomic E-state index is -4.28. The van der Waals surface area contributed by atoms with Gasteiger partial charge in [0.05, 0.1) is 4.90 Å². The van der Waals surface area contributed by atoms with Gasteiger partial charge in [0.15, 0.2) is 0 Å². The first-order valence-corrected chi connectivity index (χ1v) is 7.03. The predicted octanol–water partition coefficient (Wildman–Crippen LogP) is 2.95. The zero-order valence-corrected chi connectivity index (χ0v) is 10.6. The molecule has 0 atom stereocenters. The Morgan fingerprint density at radius 1 is 0.842 bits per heavy atom. The molecule has 0 amide bonds. The van der Waals surface area contributed by atoms with E-state index in [9.17, 15) is 13.5 Å². The molecule has 3 rings (SSSR count). The van der Waals surface area contributed by atoms with Crippen molar-refractivity contribution in [3.8, 4) is 5.75 Å². The number of phenolic OH excluding ortho intramolecular Hbond substituents is 1. The summed E-state index contributed by atoms with van der Waals surface area (Å²) in [7, 11) is -4.28. The SMILES string of the molecule is O=S(=O)(O)c1ccc2cc3ccccc3c(O)c2c1. The molecule has 96 valence electrons. The lowest BCUT2D eigenvalue weighted by Crippen LogP contribution is -1.97. The third-order valence-corrected chi connectivity index (χ3v) is 3.95. The van der Waals surface area contributed by atoms with Gasteiger partial charge in [-0.25, -0.2) is 0 Å². The second-order valence-corrected chi connectivity index (χ2v) is 5.73. The van der Waals surface area contributed by atoms with Crippen molar-refractivity contribution in [2.45, 2.75) is 4.90 Å². The lowest BCUT2D eigenvalue weighted by Gasteiger charge is -2.07. The maximum absolute atomic E-state index is 11.1. The van der Waals surface area contributed by atoms with Crippen molar-refractivity contribution in [1.29, 1.82) is 0 Å². The molecule has 0 bridgehead atoms. The van der Waals surface area contributed by atoms with Crippen molar-refractivity contribution in [1.82, 2.24) is 0 Å². The summed E-state index contributed by atoms with van der Waals surface area (Å²) < 4.78 is 31.3. The fourth-order valence-corrected chi connectivity index (χ4v) is 2.68. The Kier molecular flexibility index (Phi) is 2.48. The monoisotopic (exact) mass is 274 g/mol. The molecule has 2 N–H and O–H groups in total. The molecule has 0 aliphatic carbocycles. The molecule has 0 saturated carbocycles. The summed E-state index contributed by atoms with van der Waals surface area (Å²) in [5.74, 6) is 0.0126. The van der Waals surface area contributed by atoms with Crippen LogP contribution in [0.2, 0.25) is 0 Å². The molecule has 0 radical (unpaired) electrons. The van der Waals surface area contributed by atoms with Gasteiger partial charge in [0, 0.05) is 10.8 Å². The van der Waals surface area contributed by atoms with Crippen molar-refractivity contribution in [2.75, 3.05) is 0 Å². The van der Waals surface area contributed by atoms with E-state index in [4.69, 9.17) is 4.55 Å². The van der Waals surface area contributed by atoms with Crippen LogP contribution in [0, 0.1) is 0 Å². The van der Waals surface area contributed by atoms with Crippen molar-refractivity contribution < 1.29 is 18.1 Å². The van der Waals surface area contributed by atoms with Crippen LogP contribution in [0.4, 0.5) is 0 Å². The molecule has 0 spiro atoms. The molecule has 3 aromatic carbocycles. The average molecular weight is 274 g/mol. The summed E-state index contributed by atoms with van der Waals surface area (Å²) in [4.78, 5) is -0.231. The van der Waals surface area contributed by atoms with E-state index in [1.54, 1.807) is 18.2 Å². The fourth-order valence-electron chi connectivity index (χ4n) is 2.18. The molecule has 0 saturated heterocycles. The maximum Gasteiger partial charge on any atom is 0.294 e.